The summed E-state index contributed by atoms with van der Waals surface area (Å²) in [6.07, 6.45) is 6.98. The lowest BCUT2D eigenvalue weighted by molar-refractivity contribution is -0.130. The molecule has 3 heterocycles. The summed E-state index contributed by atoms with van der Waals surface area (Å²) in [5.74, 6) is 1.28. The van der Waals surface area contributed by atoms with Crippen molar-refractivity contribution in [2.75, 3.05) is 13.2 Å². The summed E-state index contributed by atoms with van der Waals surface area (Å²) in [6.45, 7) is 1.59. The average molecular weight is 240 g/mol. The van der Waals surface area contributed by atoms with Crippen molar-refractivity contribution in [3.05, 3.63) is 0 Å². The van der Waals surface area contributed by atoms with Gasteiger partial charge < -0.3 is 4.74 Å². The Balaban J connectivity index is 1.61. The van der Waals surface area contributed by atoms with Crippen LogP contribution in [-0.4, -0.2) is 29.5 Å². The van der Waals surface area contributed by atoms with Gasteiger partial charge in [0.15, 0.2) is 0 Å². The van der Waals surface area contributed by atoms with E-state index in [0.717, 1.165) is 49.4 Å². The van der Waals surface area contributed by atoms with Gasteiger partial charge in [-0.05, 0) is 38.5 Å². The predicted octanol–water partition coefficient (Wildman–Crippen LogP) is 2.66. The van der Waals surface area contributed by atoms with E-state index in [2.05, 4.69) is 11.8 Å². The molecule has 0 N–H and O–H groups in total. The second kappa shape index (κ2) is 4.69. The lowest BCUT2D eigenvalue weighted by Crippen LogP contribution is -2.32. The average Bonchev–Trinajstić information content (AvgIpc) is 2.68. The third kappa shape index (κ3) is 2.17. The molecular formula is C13H20O2S. The molecule has 0 aromatic carbocycles. The van der Waals surface area contributed by atoms with Crippen molar-refractivity contribution in [1.82, 2.24) is 0 Å². The summed E-state index contributed by atoms with van der Waals surface area (Å²) in [6, 6.07) is 0. The number of carbonyl (C=O) groups excluding carboxylic acids is 1. The summed E-state index contributed by atoms with van der Waals surface area (Å²) in [5, 5.41) is 1.60. The molecule has 3 rings (SSSR count). The van der Waals surface area contributed by atoms with Gasteiger partial charge in [-0.3, -0.25) is 4.79 Å². The van der Waals surface area contributed by atoms with Gasteiger partial charge in [-0.15, -0.1) is 0 Å². The third-order valence-electron chi connectivity index (χ3n) is 4.32. The monoisotopic (exact) mass is 240 g/mol. The van der Waals surface area contributed by atoms with Crippen molar-refractivity contribution in [2.24, 2.45) is 11.8 Å². The molecule has 0 aromatic heterocycles. The maximum absolute atomic E-state index is 12.4. The molecule has 2 atom stereocenters. The molecule has 2 unspecified atom stereocenters. The van der Waals surface area contributed by atoms with Crippen LogP contribution in [0.1, 0.15) is 38.5 Å². The normalized spacial score (nSPS) is 39.9. The molecule has 90 valence electrons. The minimum absolute atomic E-state index is 0.321. The molecule has 2 nitrogen and oxygen atoms in total. The number of Topliss-reactive ketones (excluding diaryl/α,β-unsaturated/α-hetero) is 1. The first-order valence-electron chi connectivity index (χ1n) is 6.60. The minimum Gasteiger partial charge on any atom is -0.381 e. The van der Waals surface area contributed by atoms with Crippen LogP contribution in [0.5, 0.6) is 0 Å². The zero-order valence-corrected chi connectivity index (χ0v) is 10.5. The number of ketones is 1. The largest absolute Gasteiger partial charge is 0.381 e. The molecule has 3 aliphatic heterocycles. The number of hydrogen-bond acceptors (Lipinski definition) is 3. The molecule has 0 amide bonds. The Morgan fingerprint density at radius 2 is 1.56 bits per heavy atom. The lowest BCUT2D eigenvalue weighted by atomic mass is 9.83. The molecule has 3 saturated heterocycles. The SMILES string of the molecule is O=C(C1CCOCC1)C1CC2CCC(C1)S2. The number of carbonyl (C=O) groups is 1. The highest BCUT2D eigenvalue weighted by Gasteiger charge is 2.39. The fourth-order valence-corrected chi connectivity index (χ4v) is 5.18. The van der Waals surface area contributed by atoms with Crippen LogP contribution in [-0.2, 0) is 9.53 Å². The van der Waals surface area contributed by atoms with E-state index in [9.17, 15) is 4.79 Å². The van der Waals surface area contributed by atoms with E-state index in [0.29, 0.717) is 17.6 Å². The van der Waals surface area contributed by atoms with E-state index in [1.807, 2.05) is 0 Å². The second-order valence-corrected chi connectivity index (χ2v) is 7.02. The molecule has 0 aliphatic carbocycles. The van der Waals surface area contributed by atoms with Crippen molar-refractivity contribution in [2.45, 2.75) is 49.0 Å². The quantitative estimate of drug-likeness (QED) is 0.742. The van der Waals surface area contributed by atoms with Gasteiger partial charge in [0, 0.05) is 35.5 Å². The Morgan fingerprint density at radius 3 is 2.19 bits per heavy atom. The first-order valence-corrected chi connectivity index (χ1v) is 7.54. The van der Waals surface area contributed by atoms with Crippen LogP contribution in [0.25, 0.3) is 0 Å². The molecule has 0 radical (unpaired) electrons. The Morgan fingerprint density at radius 1 is 0.938 bits per heavy atom. The van der Waals surface area contributed by atoms with Gasteiger partial charge in [0.05, 0.1) is 0 Å². The van der Waals surface area contributed by atoms with Crippen molar-refractivity contribution >= 4 is 17.5 Å². The topological polar surface area (TPSA) is 26.3 Å². The van der Waals surface area contributed by atoms with E-state index in [-0.39, 0.29) is 0 Å². The van der Waals surface area contributed by atoms with E-state index < -0.39 is 0 Å². The molecule has 3 aliphatic rings. The highest BCUT2D eigenvalue weighted by atomic mass is 32.2. The molecule has 0 aromatic rings. The van der Waals surface area contributed by atoms with Crippen LogP contribution in [0.15, 0.2) is 0 Å². The molecular weight excluding hydrogens is 220 g/mol. The number of fused-ring (bicyclic) bond motifs is 2. The molecule has 0 spiro atoms. The van der Waals surface area contributed by atoms with Crippen molar-refractivity contribution in [3.63, 3.8) is 0 Å². The first-order chi connectivity index (χ1) is 7.83. The highest BCUT2D eigenvalue weighted by molar-refractivity contribution is 8.00. The van der Waals surface area contributed by atoms with Crippen LogP contribution in [0.3, 0.4) is 0 Å². The van der Waals surface area contributed by atoms with E-state index >= 15 is 0 Å². The van der Waals surface area contributed by atoms with Gasteiger partial charge in [0.2, 0.25) is 0 Å². The molecule has 2 bridgehead atoms. The van der Waals surface area contributed by atoms with Gasteiger partial charge in [0.25, 0.3) is 0 Å². The molecule has 3 fully saturated rings. The number of ether oxygens (including phenoxy) is 1. The van der Waals surface area contributed by atoms with Crippen LogP contribution in [0.2, 0.25) is 0 Å². The Kier molecular flexibility index (Phi) is 3.25. The lowest BCUT2D eigenvalue weighted by Gasteiger charge is -2.30. The predicted molar refractivity (Wildman–Crippen MR) is 65.7 cm³/mol. The van der Waals surface area contributed by atoms with E-state index in [1.165, 1.54) is 12.8 Å². The van der Waals surface area contributed by atoms with Crippen LogP contribution < -0.4 is 0 Å². The van der Waals surface area contributed by atoms with Gasteiger partial charge in [-0.25, -0.2) is 0 Å². The number of hydrogen-bond donors (Lipinski definition) is 0. The molecule has 0 saturated carbocycles. The zero-order chi connectivity index (χ0) is 11.0. The Hall–Kier alpha value is -0.0200. The van der Waals surface area contributed by atoms with E-state index in [4.69, 9.17) is 4.74 Å². The summed E-state index contributed by atoms with van der Waals surface area (Å²) < 4.78 is 5.34. The van der Waals surface area contributed by atoms with Crippen molar-refractivity contribution < 1.29 is 9.53 Å². The number of rotatable bonds is 2. The standard InChI is InChI=1S/C13H20O2S/c14-13(9-3-5-15-6-4-9)10-7-11-1-2-12(8-10)16-11/h9-12H,1-8H2. The van der Waals surface area contributed by atoms with Gasteiger partial charge in [0.1, 0.15) is 5.78 Å². The third-order valence-corrected chi connectivity index (χ3v) is 5.94. The fourth-order valence-electron chi connectivity index (χ4n) is 3.41. The van der Waals surface area contributed by atoms with Gasteiger partial charge in [-0.1, -0.05) is 0 Å². The van der Waals surface area contributed by atoms with Crippen molar-refractivity contribution in [3.8, 4) is 0 Å². The van der Waals surface area contributed by atoms with Crippen LogP contribution >= 0.6 is 11.8 Å². The maximum Gasteiger partial charge on any atom is 0.139 e. The number of thioether (sulfide) groups is 1. The van der Waals surface area contributed by atoms with E-state index in [1.54, 1.807) is 0 Å². The minimum atomic E-state index is 0.321. The summed E-state index contributed by atoms with van der Waals surface area (Å²) in [7, 11) is 0. The second-order valence-electron chi connectivity index (χ2n) is 5.41. The fraction of sp³-hybridized carbons (Fsp3) is 0.923. The van der Waals surface area contributed by atoms with Gasteiger partial charge in [-0.2, -0.15) is 11.8 Å². The first kappa shape index (κ1) is 11.1. The summed E-state index contributed by atoms with van der Waals surface area (Å²) >= 11 is 2.14. The van der Waals surface area contributed by atoms with Crippen molar-refractivity contribution in [1.29, 1.82) is 0 Å². The Labute approximate surface area is 101 Å². The van der Waals surface area contributed by atoms with Crippen LogP contribution in [0, 0.1) is 11.8 Å². The molecule has 16 heavy (non-hydrogen) atoms. The Bertz CT molecular complexity index is 261. The van der Waals surface area contributed by atoms with Crippen LogP contribution in [0.4, 0.5) is 0 Å². The summed E-state index contributed by atoms with van der Waals surface area (Å²) in [5.41, 5.74) is 0. The maximum atomic E-state index is 12.4. The van der Waals surface area contributed by atoms with Gasteiger partial charge >= 0.3 is 0 Å². The zero-order valence-electron chi connectivity index (χ0n) is 9.69. The highest BCUT2D eigenvalue weighted by Crippen LogP contribution is 2.46. The molecule has 3 heteroatoms. The smallest absolute Gasteiger partial charge is 0.139 e. The summed E-state index contributed by atoms with van der Waals surface area (Å²) in [4.78, 5) is 12.4.